The van der Waals surface area contributed by atoms with Gasteiger partial charge in [-0.25, -0.2) is 12.8 Å². The van der Waals surface area contributed by atoms with Crippen molar-refractivity contribution in [2.24, 2.45) is 0 Å². The second kappa shape index (κ2) is 11.7. The highest BCUT2D eigenvalue weighted by Gasteiger charge is 2.27. The highest BCUT2D eigenvalue weighted by Crippen LogP contribution is 2.11. The molecule has 0 saturated carbocycles. The molecule has 10 heteroatoms. The van der Waals surface area contributed by atoms with Gasteiger partial charge in [0, 0.05) is 12.1 Å². The smallest absolute Gasteiger partial charge is 0.324 e. The zero-order valence-corrected chi connectivity index (χ0v) is 18.0. The number of nitrogens with one attached hydrogen (secondary N) is 2. The van der Waals surface area contributed by atoms with Crippen LogP contribution in [0.4, 0.5) is 4.39 Å². The van der Waals surface area contributed by atoms with Crippen LogP contribution in [0.2, 0.25) is 0 Å². The fourth-order valence-electron chi connectivity index (χ4n) is 2.44. The molecule has 1 unspecified atom stereocenters. The topological polar surface area (TPSA) is 102 Å². The average Bonchev–Trinajstić information content (AvgIpc) is 2.75. The second-order valence-electron chi connectivity index (χ2n) is 6.24. The second-order valence-corrected chi connectivity index (χ2v) is 8.94. The number of amides is 1. The molecule has 0 fully saturated rings. The molecule has 0 heterocycles. The van der Waals surface area contributed by atoms with E-state index in [-0.39, 0.29) is 17.9 Å². The van der Waals surface area contributed by atoms with Crippen LogP contribution in [0, 0.1) is 5.82 Å². The van der Waals surface area contributed by atoms with Crippen LogP contribution < -0.4 is 10.0 Å². The number of esters is 1. The van der Waals surface area contributed by atoms with E-state index < -0.39 is 40.4 Å². The Morgan fingerprint density at radius 1 is 1.10 bits per heavy atom. The van der Waals surface area contributed by atoms with E-state index in [0.29, 0.717) is 11.3 Å². The lowest BCUT2D eigenvalue weighted by atomic mass is 10.2. The van der Waals surface area contributed by atoms with Crippen LogP contribution in [0.15, 0.2) is 59.5 Å². The predicted molar refractivity (Wildman–Crippen MR) is 113 cm³/mol. The lowest BCUT2D eigenvalue weighted by Gasteiger charge is -2.17. The van der Waals surface area contributed by atoms with E-state index in [9.17, 15) is 22.4 Å². The van der Waals surface area contributed by atoms with Crippen molar-refractivity contribution in [3.63, 3.8) is 0 Å². The largest absolute Gasteiger partial charge is 0.454 e. The molecule has 0 aliphatic heterocycles. The summed E-state index contributed by atoms with van der Waals surface area (Å²) in [5, 5.41) is 2.45. The zero-order valence-electron chi connectivity index (χ0n) is 16.3. The Morgan fingerprint density at radius 3 is 2.43 bits per heavy atom. The Kier molecular flexibility index (Phi) is 9.28. The summed E-state index contributed by atoms with van der Waals surface area (Å²) in [5.41, 5.74) is 0.297. The minimum Gasteiger partial charge on any atom is -0.454 e. The van der Waals surface area contributed by atoms with Gasteiger partial charge in [-0.1, -0.05) is 36.4 Å². The minimum atomic E-state index is -3.93. The van der Waals surface area contributed by atoms with Crippen molar-refractivity contribution in [2.75, 3.05) is 18.6 Å². The summed E-state index contributed by atoms with van der Waals surface area (Å²) in [6.45, 7) is -0.657. The summed E-state index contributed by atoms with van der Waals surface area (Å²) in [7, 11) is -3.93. The van der Waals surface area contributed by atoms with Crippen LogP contribution in [0.3, 0.4) is 0 Å². The minimum absolute atomic E-state index is 0.0228. The maximum atomic E-state index is 13.6. The molecule has 2 N–H and O–H groups in total. The molecule has 2 aromatic carbocycles. The normalized spacial score (nSPS) is 12.2. The van der Waals surface area contributed by atoms with Crippen molar-refractivity contribution in [2.45, 2.75) is 23.9 Å². The van der Waals surface area contributed by atoms with E-state index in [4.69, 9.17) is 4.74 Å². The Morgan fingerprint density at radius 2 is 1.77 bits per heavy atom. The number of benzene rings is 2. The quantitative estimate of drug-likeness (QED) is 0.504. The summed E-state index contributed by atoms with van der Waals surface area (Å²) in [6, 6.07) is 12.5. The van der Waals surface area contributed by atoms with Gasteiger partial charge in [0.05, 0.1) is 4.90 Å². The summed E-state index contributed by atoms with van der Waals surface area (Å²) in [5.74, 6) is -1.43. The van der Waals surface area contributed by atoms with Crippen molar-refractivity contribution >= 4 is 33.7 Å². The molecule has 0 saturated heterocycles. The van der Waals surface area contributed by atoms with E-state index in [0.717, 1.165) is 0 Å². The van der Waals surface area contributed by atoms with Crippen molar-refractivity contribution < 1.29 is 27.1 Å². The van der Waals surface area contributed by atoms with Crippen LogP contribution in [0.25, 0.3) is 0 Å². The zero-order chi connectivity index (χ0) is 22.0. The van der Waals surface area contributed by atoms with Gasteiger partial charge in [0.15, 0.2) is 6.61 Å². The van der Waals surface area contributed by atoms with Crippen molar-refractivity contribution in [3.8, 4) is 0 Å². The van der Waals surface area contributed by atoms with Gasteiger partial charge in [0.1, 0.15) is 11.9 Å². The molecule has 0 aliphatic rings. The summed E-state index contributed by atoms with van der Waals surface area (Å²) < 4.78 is 45.9. The van der Waals surface area contributed by atoms with Crippen LogP contribution in [0.5, 0.6) is 0 Å². The van der Waals surface area contributed by atoms with E-state index in [1.807, 2.05) is 6.26 Å². The van der Waals surface area contributed by atoms with Crippen LogP contribution in [-0.2, 0) is 30.9 Å². The van der Waals surface area contributed by atoms with Crippen molar-refractivity contribution in [3.05, 3.63) is 66.0 Å². The number of carbonyl (C=O) groups excluding carboxylic acids is 2. The number of thioether (sulfide) groups is 1. The average molecular weight is 455 g/mol. The van der Waals surface area contributed by atoms with E-state index >= 15 is 0 Å². The Hall–Kier alpha value is -2.43. The Bertz CT molecular complexity index is 955. The first-order valence-corrected chi connectivity index (χ1v) is 11.9. The third-order valence-electron chi connectivity index (χ3n) is 4.03. The van der Waals surface area contributed by atoms with Crippen molar-refractivity contribution in [1.82, 2.24) is 10.0 Å². The highest BCUT2D eigenvalue weighted by atomic mass is 32.2. The predicted octanol–water partition coefficient (Wildman–Crippen LogP) is 2.09. The molecule has 2 aromatic rings. The molecule has 7 nitrogen and oxygen atoms in total. The molecule has 0 aliphatic carbocycles. The van der Waals surface area contributed by atoms with E-state index in [1.54, 1.807) is 24.3 Å². The number of hydrogen-bond acceptors (Lipinski definition) is 6. The summed E-state index contributed by atoms with van der Waals surface area (Å²) in [6.07, 6.45) is 2.02. The highest BCUT2D eigenvalue weighted by molar-refractivity contribution is 7.98. The molecule has 2 rings (SSSR count). The SMILES string of the molecule is CSCCC(NS(=O)(=O)c1ccccc1)C(=O)OCC(=O)NCc1ccccc1F. The van der Waals surface area contributed by atoms with Gasteiger partial charge >= 0.3 is 5.97 Å². The standard InChI is InChI=1S/C20H23FN2O5S2/c1-29-12-11-18(23-30(26,27)16-8-3-2-4-9-16)20(25)28-14-19(24)22-13-15-7-5-6-10-17(15)21/h2-10,18,23H,11-14H2,1H3,(H,22,24). The first-order chi connectivity index (χ1) is 14.3. The number of hydrogen-bond donors (Lipinski definition) is 2. The van der Waals surface area contributed by atoms with Gasteiger partial charge in [0.2, 0.25) is 10.0 Å². The van der Waals surface area contributed by atoms with Gasteiger partial charge in [-0.15, -0.1) is 0 Å². The molecule has 0 bridgehead atoms. The Balaban J connectivity index is 1.93. The fraction of sp³-hybridized carbons (Fsp3) is 0.300. The number of ether oxygens (including phenoxy) is 1. The molecule has 0 spiro atoms. The lowest BCUT2D eigenvalue weighted by molar-refractivity contribution is -0.150. The van der Waals surface area contributed by atoms with E-state index in [2.05, 4.69) is 10.0 Å². The van der Waals surface area contributed by atoms with E-state index in [1.165, 1.54) is 42.1 Å². The maximum absolute atomic E-state index is 13.6. The molecule has 0 aromatic heterocycles. The maximum Gasteiger partial charge on any atom is 0.324 e. The molecule has 162 valence electrons. The number of rotatable bonds is 11. The summed E-state index contributed by atoms with van der Waals surface area (Å²) in [4.78, 5) is 24.3. The fourth-order valence-corrected chi connectivity index (χ4v) is 4.15. The third-order valence-corrected chi connectivity index (χ3v) is 6.16. The number of halogens is 1. The molecule has 1 amide bonds. The molecular formula is C20H23FN2O5S2. The van der Waals surface area contributed by atoms with Crippen LogP contribution in [-0.4, -0.2) is 45.0 Å². The van der Waals surface area contributed by atoms with Crippen LogP contribution in [0.1, 0.15) is 12.0 Å². The lowest BCUT2D eigenvalue weighted by Crippen LogP contribution is -2.43. The first kappa shape index (κ1) is 23.8. The number of sulfonamides is 1. The Labute approximate surface area is 179 Å². The third kappa shape index (κ3) is 7.43. The number of carbonyl (C=O) groups is 2. The van der Waals surface area contributed by atoms with Gasteiger partial charge in [-0.3, -0.25) is 9.59 Å². The van der Waals surface area contributed by atoms with Gasteiger partial charge in [0.25, 0.3) is 5.91 Å². The first-order valence-electron chi connectivity index (χ1n) is 9.06. The van der Waals surface area contributed by atoms with Crippen molar-refractivity contribution in [1.29, 1.82) is 0 Å². The monoisotopic (exact) mass is 454 g/mol. The molecule has 0 radical (unpaired) electrons. The van der Waals surface area contributed by atoms with Gasteiger partial charge < -0.3 is 10.1 Å². The summed E-state index contributed by atoms with van der Waals surface area (Å²) >= 11 is 1.44. The van der Waals surface area contributed by atoms with Gasteiger partial charge in [-0.2, -0.15) is 16.5 Å². The molecule has 30 heavy (non-hydrogen) atoms. The molecular weight excluding hydrogens is 431 g/mol. The van der Waals surface area contributed by atoms with Crippen LogP contribution >= 0.6 is 11.8 Å². The van der Waals surface area contributed by atoms with Gasteiger partial charge in [-0.05, 0) is 36.6 Å². The molecule has 1 atom stereocenters.